The first-order valence-electron chi connectivity index (χ1n) is 6.29. The van der Waals surface area contributed by atoms with Gasteiger partial charge in [-0.25, -0.2) is 12.8 Å². The number of halogens is 1. The molecule has 1 aliphatic rings. The summed E-state index contributed by atoms with van der Waals surface area (Å²) in [6.07, 6.45) is 1.15. The van der Waals surface area contributed by atoms with Crippen LogP contribution in [-0.2, 0) is 10.0 Å². The molecule has 0 spiro atoms. The Balaban J connectivity index is 2.07. The van der Waals surface area contributed by atoms with Gasteiger partial charge < -0.3 is 4.90 Å². The SMILES string of the molecule is Cc1ccc(C(=O)N2CCN(S(C)(=O)=O)CC2)cc1F. The van der Waals surface area contributed by atoms with E-state index in [2.05, 4.69) is 0 Å². The first-order chi connectivity index (χ1) is 9.29. The zero-order valence-corrected chi connectivity index (χ0v) is 12.3. The minimum atomic E-state index is -3.22. The van der Waals surface area contributed by atoms with E-state index in [1.807, 2.05) is 0 Å². The van der Waals surface area contributed by atoms with Crippen molar-refractivity contribution in [3.63, 3.8) is 0 Å². The minimum absolute atomic E-state index is 0.267. The zero-order valence-electron chi connectivity index (χ0n) is 11.5. The molecule has 1 fully saturated rings. The van der Waals surface area contributed by atoms with Crippen LogP contribution in [0.2, 0.25) is 0 Å². The highest BCUT2D eigenvalue weighted by Crippen LogP contribution is 2.14. The van der Waals surface area contributed by atoms with E-state index in [1.165, 1.54) is 10.4 Å². The van der Waals surface area contributed by atoms with Gasteiger partial charge >= 0.3 is 0 Å². The molecule has 7 heteroatoms. The molecular weight excluding hydrogens is 283 g/mol. The number of hydrogen-bond donors (Lipinski definition) is 0. The third-order valence-electron chi connectivity index (χ3n) is 3.41. The fourth-order valence-electron chi connectivity index (χ4n) is 2.13. The normalized spacial score (nSPS) is 17.2. The van der Waals surface area contributed by atoms with E-state index in [4.69, 9.17) is 0 Å². The number of rotatable bonds is 2. The standard InChI is InChI=1S/C13H17FN2O3S/c1-10-3-4-11(9-12(10)14)13(17)15-5-7-16(8-6-15)20(2,18)19/h3-4,9H,5-8H2,1-2H3. The molecule has 0 aromatic heterocycles. The Morgan fingerprint density at radius 1 is 1.20 bits per heavy atom. The molecule has 0 radical (unpaired) electrons. The smallest absolute Gasteiger partial charge is 0.254 e. The van der Waals surface area contributed by atoms with Crippen molar-refractivity contribution in [3.05, 3.63) is 35.1 Å². The number of piperazine rings is 1. The van der Waals surface area contributed by atoms with Gasteiger partial charge in [0.25, 0.3) is 5.91 Å². The van der Waals surface area contributed by atoms with Crippen molar-refractivity contribution in [1.29, 1.82) is 0 Å². The summed E-state index contributed by atoms with van der Waals surface area (Å²) in [5.74, 6) is -0.678. The van der Waals surface area contributed by atoms with Crippen LogP contribution in [0, 0.1) is 12.7 Å². The van der Waals surface area contributed by atoms with Crippen molar-refractivity contribution in [3.8, 4) is 0 Å². The molecule has 1 saturated heterocycles. The average Bonchev–Trinajstić information content (AvgIpc) is 2.40. The van der Waals surface area contributed by atoms with Crippen LogP contribution >= 0.6 is 0 Å². The fourth-order valence-corrected chi connectivity index (χ4v) is 2.96. The van der Waals surface area contributed by atoms with Gasteiger partial charge in [-0.2, -0.15) is 4.31 Å². The summed E-state index contributed by atoms with van der Waals surface area (Å²) in [6, 6.07) is 4.37. The zero-order chi connectivity index (χ0) is 14.9. The molecule has 0 saturated carbocycles. The van der Waals surface area contributed by atoms with Crippen molar-refractivity contribution in [2.75, 3.05) is 32.4 Å². The number of amides is 1. The molecule has 110 valence electrons. The third kappa shape index (κ3) is 3.16. The lowest BCUT2D eigenvalue weighted by atomic mass is 10.1. The Morgan fingerprint density at radius 2 is 1.80 bits per heavy atom. The highest BCUT2D eigenvalue weighted by molar-refractivity contribution is 7.88. The third-order valence-corrected chi connectivity index (χ3v) is 4.72. The minimum Gasteiger partial charge on any atom is -0.336 e. The molecule has 0 unspecified atom stereocenters. The van der Waals surface area contributed by atoms with Gasteiger partial charge in [-0.15, -0.1) is 0 Å². The highest BCUT2D eigenvalue weighted by atomic mass is 32.2. The van der Waals surface area contributed by atoms with Crippen LogP contribution in [0.1, 0.15) is 15.9 Å². The predicted octanol–water partition coefficient (Wildman–Crippen LogP) is 0.852. The molecule has 5 nitrogen and oxygen atoms in total. The summed E-state index contributed by atoms with van der Waals surface area (Å²) in [4.78, 5) is 13.8. The number of carbonyl (C=O) groups is 1. The lowest BCUT2D eigenvalue weighted by molar-refractivity contribution is 0.0698. The number of hydrogen-bond acceptors (Lipinski definition) is 3. The van der Waals surface area contributed by atoms with E-state index in [9.17, 15) is 17.6 Å². The monoisotopic (exact) mass is 300 g/mol. The van der Waals surface area contributed by atoms with E-state index in [1.54, 1.807) is 24.0 Å². The molecule has 1 aromatic carbocycles. The number of benzene rings is 1. The van der Waals surface area contributed by atoms with Gasteiger partial charge in [-0.3, -0.25) is 4.79 Å². The number of sulfonamides is 1. The van der Waals surface area contributed by atoms with Crippen LogP contribution in [-0.4, -0.2) is 56.0 Å². The van der Waals surface area contributed by atoms with Crippen LogP contribution < -0.4 is 0 Å². The Kier molecular flexibility index (Phi) is 4.10. The molecule has 2 rings (SSSR count). The van der Waals surface area contributed by atoms with E-state index in [0.29, 0.717) is 24.2 Å². The molecule has 0 N–H and O–H groups in total. The Bertz CT molecular complexity index is 623. The summed E-state index contributed by atoms with van der Waals surface area (Å²) in [6.45, 7) is 2.83. The van der Waals surface area contributed by atoms with E-state index in [0.717, 1.165) is 6.26 Å². The summed E-state index contributed by atoms with van der Waals surface area (Å²) < 4.78 is 37.6. The maximum absolute atomic E-state index is 13.5. The molecule has 1 heterocycles. The van der Waals surface area contributed by atoms with Gasteiger partial charge in [0.2, 0.25) is 10.0 Å². The second-order valence-corrected chi connectivity index (χ2v) is 6.90. The van der Waals surface area contributed by atoms with Crippen molar-refractivity contribution in [1.82, 2.24) is 9.21 Å². The van der Waals surface area contributed by atoms with Gasteiger partial charge in [-0.1, -0.05) is 6.07 Å². The molecular formula is C13H17FN2O3S. The van der Waals surface area contributed by atoms with Gasteiger partial charge in [0.15, 0.2) is 0 Å². The van der Waals surface area contributed by atoms with E-state index in [-0.39, 0.29) is 19.0 Å². The summed E-state index contributed by atoms with van der Waals surface area (Å²) in [5, 5.41) is 0. The predicted molar refractivity (Wildman–Crippen MR) is 73.5 cm³/mol. The maximum atomic E-state index is 13.5. The topological polar surface area (TPSA) is 57.7 Å². The first kappa shape index (κ1) is 14.9. The van der Waals surface area contributed by atoms with Crippen molar-refractivity contribution >= 4 is 15.9 Å². The van der Waals surface area contributed by atoms with Crippen LogP contribution in [0.25, 0.3) is 0 Å². The maximum Gasteiger partial charge on any atom is 0.254 e. The van der Waals surface area contributed by atoms with Gasteiger partial charge in [0.05, 0.1) is 6.26 Å². The van der Waals surface area contributed by atoms with E-state index >= 15 is 0 Å². The van der Waals surface area contributed by atoms with Gasteiger partial charge in [0.1, 0.15) is 5.82 Å². The number of nitrogens with zero attached hydrogens (tertiary/aromatic N) is 2. The van der Waals surface area contributed by atoms with Gasteiger partial charge in [0, 0.05) is 31.7 Å². The van der Waals surface area contributed by atoms with Gasteiger partial charge in [-0.05, 0) is 24.6 Å². The molecule has 0 aliphatic carbocycles. The highest BCUT2D eigenvalue weighted by Gasteiger charge is 2.26. The van der Waals surface area contributed by atoms with Crippen molar-refractivity contribution in [2.24, 2.45) is 0 Å². The van der Waals surface area contributed by atoms with Crippen LogP contribution in [0.4, 0.5) is 4.39 Å². The Labute approximate surface area is 118 Å². The first-order valence-corrected chi connectivity index (χ1v) is 8.14. The second-order valence-electron chi connectivity index (χ2n) is 4.92. The second kappa shape index (κ2) is 5.49. The molecule has 0 atom stereocenters. The molecule has 0 bridgehead atoms. The van der Waals surface area contributed by atoms with Crippen LogP contribution in [0.15, 0.2) is 18.2 Å². The van der Waals surface area contributed by atoms with Crippen LogP contribution in [0.5, 0.6) is 0 Å². The quantitative estimate of drug-likeness (QED) is 0.813. The largest absolute Gasteiger partial charge is 0.336 e. The van der Waals surface area contributed by atoms with Crippen LogP contribution in [0.3, 0.4) is 0 Å². The molecule has 20 heavy (non-hydrogen) atoms. The summed E-state index contributed by atoms with van der Waals surface area (Å²) in [5.41, 5.74) is 0.782. The Hall–Kier alpha value is -1.47. The Morgan fingerprint density at radius 3 is 2.30 bits per heavy atom. The molecule has 1 aromatic rings. The fraction of sp³-hybridized carbons (Fsp3) is 0.462. The van der Waals surface area contributed by atoms with E-state index < -0.39 is 15.8 Å². The van der Waals surface area contributed by atoms with Crippen molar-refractivity contribution < 1.29 is 17.6 Å². The average molecular weight is 300 g/mol. The lowest BCUT2D eigenvalue weighted by Crippen LogP contribution is -2.50. The summed E-state index contributed by atoms with van der Waals surface area (Å²) in [7, 11) is -3.22. The molecule has 1 aliphatic heterocycles. The number of carbonyl (C=O) groups excluding carboxylic acids is 1. The lowest BCUT2D eigenvalue weighted by Gasteiger charge is -2.33. The summed E-state index contributed by atoms with van der Waals surface area (Å²) >= 11 is 0. The number of aryl methyl sites for hydroxylation is 1. The van der Waals surface area contributed by atoms with Crippen molar-refractivity contribution in [2.45, 2.75) is 6.92 Å². The molecule has 1 amide bonds.